The van der Waals surface area contributed by atoms with E-state index in [1.54, 1.807) is 0 Å². The summed E-state index contributed by atoms with van der Waals surface area (Å²) in [6.45, 7) is 3.99. The lowest BCUT2D eigenvalue weighted by molar-refractivity contribution is 0.0966. The normalized spacial score (nSPS) is 14.6. The third-order valence-corrected chi connectivity index (χ3v) is 2.95. The predicted molar refractivity (Wildman–Crippen MR) is 74.2 cm³/mol. The van der Waals surface area contributed by atoms with Crippen molar-refractivity contribution in [3.8, 4) is 0 Å². The zero-order valence-electron chi connectivity index (χ0n) is 10.7. The van der Waals surface area contributed by atoms with Crippen LogP contribution in [0, 0.1) is 6.92 Å². The molecule has 18 heavy (non-hydrogen) atoms. The molecule has 0 spiro atoms. The molecule has 92 valence electrons. The van der Waals surface area contributed by atoms with Crippen LogP contribution in [-0.4, -0.2) is 5.91 Å². The van der Waals surface area contributed by atoms with Gasteiger partial charge in [-0.2, -0.15) is 0 Å². The summed E-state index contributed by atoms with van der Waals surface area (Å²) in [4.78, 5) is 12.1. The van der Waals surface area contributed by atoms with Gasteiger partial charge in [-0.25, -0.2) is 0 Å². The molecule has 1 aliphatic carbocycles. The number of aryl methyl sites for hydroxylation is 1. The van der Waals surface area contributed by atoms with Crippen LogP contribution in [0.2, 0.25) is 0 Å². The molecule has 1 aliphatic rings. The van der Waals surface area contributed by atoms with Crippen molar-refractivity contribution >= 4 is 5.91 Å². The number of allylic oxidation sites excluding steroid dienone is 5. The first-order valence-corrected chi connectivity index (χ1v) is 6.09. The molecule has 0 aromatic heterocycles. The third-order valence-electron chi connectivity index (χ3n) is 2.95. The van der Waals surface area contributed by atoms with E-state index in [2.05, 4.69) is 18.3 Å². The van der Waals surface area contributed by atoms with E-state index in [-0.39, 0.29) is 5.91 Å². The Balaban J connectivity index is 2.12. The van der Waals surface area contributed by atoms with Crippen molar-refractivity contribution in [1.29, 1.82) is 0 Å². The fourth-order valence-corrected chi connectivity index (χ4v) is 1.85. The molecule has 0 unspecified atom stereocenters. The second kappa shape index (κ2) is 5.50. The predicted octanol–water partition coefficient (Wildman–Crippen LogP) is 3.51. The summed E-state index contributed by atoms with van der Waals surface area (Å²) in [7, 11) is 0. The van der Waals surface area contributed by atoms with Crippen molar-refractivity contribution in [3.05, 3.63) is 71.0 Å². The van der Waals surface area contributed by atoms with E-state index in [0.29, 0.717) is 0 Å². The molecule has 2 rings (SSSR count). The highest BCUT2D eigenvalue weighted by molar-refractivity contribution is 5.96. The van der Waals surface area contributed by atoms with Crippen LogP contribution in [0.3, 0.4) is 0 Å². The number of hydrogen-bond acceptors (Lipinski definition) is 1. The minimum absolute atomic E-state index is 0.0523. The number of benzene rings is 1. The van der Waals surface area contributed by atoms with Gasteiger partial charge in [-0.15, -0.1) is 0 Å². The van der Waals surface area contributed by atoms with Gasteiger partial charge in [0, 0.05) is 11.3 Å². The van der Waals surface area contributed by atoms with Gasteiger partial charge in [0.2, 0.25) is 0 Å². The van der Waals surface area contributed by atoms with E-state index in [0.717, 1.165) is 23.2 Å². The second-order valence-corrected chi connectivity index (χ2v) is 4.45. The van der Waals surface area contributed by atoms with Crippen LogP contribution in [0.15, 0.2) is 59.8 Å². The quantitative estimate of drug-likeness (QED) is 0.840. The molecule has 0 bridgehead atoms. The van der Waals surface area contributed by atoms with Crippen LogP contribution >= 0.6 is 0 Å². The maximum atomic E-state index is 12.1. The monoisotopic (exact) mass is 239 g/mol. The van der Waals surface area contributed by atoms with E-state index in [4.69, 9.17) is 0 Å². The van der Waals surface area contributed by atoms with Crippen LogP contribution in [0.1, 0.15) is 29.3 Å². The van der Waals surface area contributed by atoms with Crippen molar-refractivity contribution < 1.29 is 4.79 Å². The van der Waals surface area contributed by atoms with E-state index in [9.17, 15) is 4.79 Å². The van der Waals surface area contributed by atoms with Crippen molar-refractivity contribution in [2.75, 3.05) is 0 Å². The maximum absolute atomic E-state index is 12.1. The van der Waals surface area contributed by atoms with Crippen LogP contribution < -0.4 is 5.32 Å². The number of nitrogens with one attached hydrogen (secondary N) is 1. The lowest BCUT2D eigenvalue weighted by Crippen LogP contribution is -2.22. The first kappa shape index (κ1) is 12.4. The Hall–Kier alpha value is -2.09. The lowest BCUT2D eigenvalue weighted by Gasteiger charge is -2.07. The Morgan fingerprint density at radius 2 is 1.89 bits per heavy atom. The van der Waals surface area contributed by atoms with Gasteiger partial charge in [0.1, 0.15) is 0 Å². The Morgan fingerprint density at radius 3 is 2.67 bits per heavy atom. The second-order valence-electron chi connectivity index (χ2n) is 4.45. The Morgan fingerprint density at radius 1 is 1.11 bits per heavy atom. The van der Waals surface area contributed by atoms with Crippen LogP contribution in [-0.2, 0) is 0 Å². The fraction of sp³-hybridized carbons (Fsp3) is 0.188. The van der Waals surface area contributed by atoms with Gasteiger partial charge in [0.25, 0.3) is 5.91 Å². The summed E-state index contributed by atoms with van der Waals surface area (Å²) in [5, 5.41) is 2.94. The topological polar surface area (TPSA) is 29.1 Å². The minimum atomic E-state index is -0.0523. The maximum Gasteiger partial charge on any atom is 0.255 e. The number of carbonyl (C=O) groups is 1. The molecule has 2 nitrogen and oxygen atoms in total. The summed E-state index contributed by atoms with van der Waals surface area (Å²) in [5.74, 6) is -0.0523. The highest BCUT2D eigenvalue weighted by Crippen LogP contribution is 2.11. The molecule has 1 aromatic rings. The highest BCUT2D eigenvalue weighted by atomic mass is 16.1. The molecule has 2 heteroatoms. The molecular formula is C16H17NO. The van der Waals surface area contributed by atoms with E-state index in [1.165, 1.54) is 5.57 Å². The molecule has 0 heterocycles. The largest absolute Gasteiger partial charge is 0.322 e. The van der Waals surface area contributed by atoms with Gasteiger partial charge < -0.3 is 5.32 Å². The molecule has 0 aliphatic heterocycles. The molecular weight excluding hydrogens is 222 g/mol. The van der Waals surface area contributed by atoms with Gasteiger partial charge in [0.15, 0.2) is 0 Å². The smallest absolute Gasteiger partial charge is 0.255 e. The minimum Gasteiger partial charge on any atom is -0.322 e. The SMILES string of the molecule is CC1=CCC=C(NC(=O)c2ccccc2C)C=C1. The highest BCUT2D eigenvalue weighted by Gasteiger charge is 2.08. The van der Waals surface area contributed by atoms with Gasteiger partial charge in [-0.05, 0) is 38.0 Å². The molecule has 0 saturated heterocycles. The molecule has 1 aromatic carbocycles. The van der Waals surface area contributed by atoms with Crippen molar-refractivity contribution in [2.45, 2.75) is 20.3 Å². The van der Waals surface area contributed by atoms with Crippen molar-refractivity contribution in [1.82, 2.24) is 5.32 Å². The first-order valence-electron chi connectivity index (χ1n) is 6.09. The molecule has 0 saturated carbocycles. The molecule has 0 fully saturated rings. The molecule has 1 amide bonds. The zero-order valence-corrected chi connectivity index (χ0v) is 10.7. The number of rotatable bonds is 2. The summed E-state index contributed by atoms with van der Waals surface area (Å²) in [5.41, 5.74) is 3.78. The van der Waals surface area contributed by atoms with Crippen LogP contribution in [0.25, 0.3) is 0 Å². The average molecular weight is 239 g/mol. The molecule has 0 atom stereocenters. The fourth-order valence-electron chi connectivity index (χ4n) is 1.85. The lowest BCUT2D eigenvalue weighted by atomic mass is 10.1. The standard InChI is InChI=1S/C16H17NO/c1-12-6-5-8-14(11-10-12)17-16(18)15-9-4-3-7-13(15)2/h3-4,6-11H,5H2,1-2H3,(H,17,18). The van der Waals surface area contributed by atoms with Gasteiger partial charge >= 0.3 is 0 Å². The zero-order chi connectivity index (χ0) is 13.0. The summed E-state index contributed by atoms with van der Waals surface area (Å²) >= 11 is 0. The summed E-state index contributed by atoms with van der Waals surface area (Å²) in [6, 6.07) is 7.60. The van der Waals surface area contributed by atoms with E-state index < -0.39 is 0 Å². The summed E-state index contributed by atoms with van der Waals surface area (Å²) < 4.78 is 0. The Kier molecular flexibility index (Phi) is 3.78. The first-order chi connectivity index (χ1) is 8.66. The van der Waals surface area contributed by atoms with Crippen molar-refractivity contribution in [3.63, 3.8) is 0 Å². The Bertz CT molecular complexity index is 550. The molecule has 0 radical (unpaired) electrons. The van der Waals surface area contributed by atoms with E-state index >= 15 is 0 Å². The molecule has 1 N–H and O–H groups in total. The average Bonchev–Trinajstić information content (AvgIpc) is 2.55. The van der Waals surface area contributed by atoms with E-state index in [1.807, 2.05) is 49.4 Å². The number of amides is 1. The van der Waals surface area contributed by atoms with Crippen molar-refractivity contribution in [2.24, 2.45) is 0 Å². The van der Waals surface area contributed by atoms with Gasteiger partial charge in [-0.1, -0.05) is 42.0 Å². The van der Waals surface area contributed by atoms with Gasteiger partial charge in [-0.3, -0.25) is 4.79 Å². The summed E-state index contributed by atoms with van der Waals surface area (Å²) in [6.07, 6.45) is 8.95. The van der Waals surface area contributed by atoms with Crippen LogP contribution in [0.5, 0.6) is 0 Å². The third kappa shape index (κ3) is 2.98. The van der Waals surface area contributed by atoms with Crippen LogP contribution in [0.4, 0.5) is 0 Å². The Labute approximate surface area is 108 Å². The van der Waals surface area contributed by atoms with Gasteiger partial charge in [0.05, 0.1) is 0 Å². The number of carbonyl (C=O) groups excluding carboxylic acids is 1. The number of hydrogen-bond donors (Lipinski definition) is 1.